The summed E-state index contributed by atoms with van der Waals surface area (Å²) >= 11 is 0. The molecule has 2 N–H and O–H groups in total. The fourth-order valence-corrected chi connectivity index (χ4v) is 4.72. The summed E-state index contributed by atoms with van der Waals surface area (Å²) in [5.74, 6) is -5.39. The van der Waals surface area contributed by atoms with Crippen LogP contribution in [0.1, 0.15) is 57.0 Å². The maximum atomic E-state index is 14.2. The Bertz CT molecular complexity index is 1330. The monoisotopic (exact) mass is 603 g/mol. The summed E-state index contributed by atoms with van der Waals surface area (Å²) in [6.07, 6.45) is -9.21. The van der Waals surface area contributed by atoms with Gasteiger partial charge < -0.3 is 29.4 Å². The molecular formula is C26H30F5N5O6. The van der Waals surface area contributed by atoms with Crippen LogP contribution in [-0.2, 0) is 33.5 Å². The van der Waals surface area contributed by atoms with Crippen molar-refractivity contribution in [3.05, 3.63) is 35.3 Å². The van der Waals surface area contributed by atoms with Crippen molar-refractivity contribution in [3.8, 4) is 11.6 Å². The molecule has 2 aromatic rings. The number of carbonyl (C=O) groups excluding carboxylic acids is 3. The molecule has 0 radical (unpaired) electrons. The number of halogens is 5. The average molecular weight is 604 g/mol. The minimum Gasteiger partial charge on any atom is -0.461 e. The predicted molar refractivity (Wildman–Crippen MR) is 134 cm³/mol. The number of hydrogen-bond acceptors (Lipinski definition) is 8. The number of nitrogens with zero attached hydrogens (tertiary/aromatic N) is 4. The highest BCUT2D eigenvalue weighted by Crippen LogP contribution is 2.36. The highest BCUT2D eigenvalue weighted by Gasteiger charge is 2.49. The minimum atomic E-state index is -4.80. The molecule has 1 saturated heterocycles. The van der Waals surface area contributed by atoms with Crippen LogP contribution in [0.4, 0.5) is 26.7 Å². The number of aliphatic hydroxyl groups excluding tert-OH is 1. The lowest BCUT2D eigenvalue weighted by molar-refractivity contribution is -0.205. The molecule has 2 atom stereocenters. The fraction of sp³-hybridized carbons (Fsp3) is 0.577. The zero-order chi connectivity index (χ0) is 31.0. The molecule has 3 amide bonds. The number of likely N-dealkylation sites (tertiary alicyclic amines) is 1. The average Bonchev–Trinajstić information content (AvgIpc) is 3.41. The smallest absolute Gasteiger partial charge is 0.433 e. The number of piperidine rings is 1. The highest BCUT2D eigenvalue weighted by molar-refractivity contribution is 5.80. The van der Waals surface area contributed by atoms with Gasteiger partial charge in [0.15, 0.2) is 23.5 Å². The molecule has 2 aliphatic rings. The molecular weight excluding hydrogens is 573 g/mol. The summed E-state index contributed by atoms with van der Waals surface area (Å²) in [6.45, 7) is 3.59. The molecule has 11 nitrogen and oxygen atoms in total. The first kappa shape index (κ1) is 31.1. The molecule has 4 heterocycles. The molecule has 4 rings (SSSR count). The quantitative estimate of drug-likeness (QED) is 0.479. The van der Waals surface area contributed by atoms with Crippen molar-refractivity contribution in [1.29, 1.82) is 0 Å². The molecule has 0 saturated carbocycles. The molecule has 2 aromatic heterocycles. The van der Waals surface area contributed by atoms with Gasteiger partial charge in [-0.15, -0.1) is 0 Å². The van der Waals surface area contributed by atoms with Crippen LogP contribution in [0.15, 0.2) is 22.8 Å². The molecule has 230 valence electrons. The molecule has 16 heteroatoms. The number of alkyl carbamates (subject to hydrolysis) is 1. The van der Waals surface area contributed by atoms with E-state index < -0.39 is 79.4 Å². The van der Waals surface area contributed by atoms with Gasteiger partial charge in [-0.2, -0.15) is 13.2 Å². The van der Waals surface area contributed by atoms with E-state index in [1.54, 1.807) is 20.8 Å². The Balaban J connectivity index is 1.57. The van der Waals surface area contributed by atoms with Gasteiger partial charge in [0.1, 0.15) is 5.60 Å². The van der Waals surface area contributed by atoms with Crippen LogP contribution in [0.25, 0.3) is 11.6 Å². The molecule has 0 bridgehead atoms. The third kappa shape index (κ3) is 7.14. The number of alkyl halides is 5. The van der Waals surface area contributed by atoms with Crippen LogP contribution in [0.5, 0.6) is 0 Å². The lowest BCUT2D eigenvalue weighted by Crippen LogP contribution is -2.59. The van der Waals surface area contributed by atoms with E-state index in [1.165, 1.54) is 23.3 Å². The zero-order valence-corrected chi connectivity index (χ0v) is 23.0. The van der Waals surface area contributed by atoms with Crippen LogP contribution >= 0.6 is 0 Å². The van der Waals surface area contributed by atoms with Crippen molar-refractivity contribution in [2.45, 2.75) is 83.0 Å². The molecule has 0 spiro atoms. The maximum Gasteiger partial charge on any atom is 0.433 e. The van der Waals surface area contributed by atoms with E-state index >= 15 is 0 Å². The van der Waals surface area contributed by atoms with Crippen LogP contribution in [-0.4, -0.2) is 79.7 Å². The van der Waals surface area contributed by atoms with Crippen molar-refractivity contribution >= 4 is 17.9 Å². The Labute approximate surface area is 237 Å². The number of aromatic nitrogens is 2. The van der Waals surface area contributed by atoms with Gasteiger partial charge in [0.25, 0.3) is 5.92 Å². The second kappa shape index (κ2) is 11.5. The van der Waals surface area contributed by atoms with E-state index in [9.17, 15) is 41.4 Å². The number of ether oxygens (including phenoxy) is 1. The fourth-order valence-electron chi connectivity index (χ4n) is 4.72. The molecule has 1 unspecified atom stereocenters. The number of nitrogens with one attached hydrogen (secondary N) is 1. The predicted octanol–water partition coefficient (Wildman–Crippen LogP) is 3.50. The van der Waals surface area contributed by atoms with Gasteiger partial charge in [-0.05, 0) is 39.3 Å². The molecule has 2 aliphatic heterocycles. The van der Waals surface area contributed by atoms with Crippen molar-refractivity contribution in [2.75, 3.05) is 13.1 Å². The van der Waals surface area contributed by atoms with Crippen molar-refractivity contribution < 1.29 is 50.6 Å². The van der Waals surface area contributed by atoms with E-state index in [0.29, 0.717) is 4.90 Å². The summed E-state index contributed by atoms with van der Waals surface area (Å²) in [4.78, 5) is 47.8. The zero-order valence-electron chi connectivity index (χ0n) is 23.0. The minimum absolute atomic E-state index is 0.00469. The Morgan fingerprint density at radius 3 is 2.57 bits per heavy atom. The number of carbonyl (C=O) groups is 3. The number of amides is 3. The Morgan fingerprint density at radius 2 is 1.95 bits per heavy atom. The number of rotatable bonds is 6. The first-order chi connectivity index (χ1) is 19.4. The molecule has 1 fully saturated rings. The Hall–Kier alpha value is -3.82. The molecule has 0 aliphatic carbocycles. The normalized spacial score (nSPS) is 19.7. The number of aliphatic hydroxyl groups is 1. The van der Waals surface area contributed by atoms with Crippen LogP contribution in [0, 0.1) is 0 Å². The van der Waals surface area contributed by atoms with E-state index in [-0.39, 0.29) is 42.4 Å². The number of fused-ring (bicyclic) bond motifs is 1. The van der Waals surface area contributed by atoms with E-state index in [2.05, 4.69) is 15.3 Å². The first-order valence-corrected chi connectivity index (χ1v) is 13.1. The summed E-state index contributed by atoms with van der Waals surface area (Å²) in [6, 6.07) is 1.57. The third-order valence-electron chi connectivity index (χ3n) is 6.65. The lowest BCUT2D eigenvalue weighted by atomic mass is 10.0. The second-order valence-corrected chi connectivity index (χ2v) is 11.1. The van der Waals surface area contributed by atoms with E-state index in [0.717, 1.165) is 0 Å². The van der Waals surface area contributed by atoms with Gasteiger partial charge in [-0.3, -0.25) is 9.59 Å². The van der Waals surface area contributed by atoms with Crippen molar-refractivity contribution in [2.24, 2.45) is 0 Å². The largest absolute Gasteiger partial charge is 0.461 e. The van der Waals surface area contributed by atoms with Crippen molar-refractivity contribution in [1.82, 2.24) is 25.1 Å². The van der Waals surface area contributed by atoms with Crippen LogP contribution in [0.2, 0.25) is 0 Å². The summed E-state index contributed by atoms with van der Waals surface area (Å²) in [5.41, 5.74) is -2.32. The topological polar surface area (TPSA) is 138 Å². The number of hydrogen-bond donors (Lipinski definition) is 2. The van der Waals surface area contributed by atoms with Gasteiger partial charge in [-0.25, -0.2) is 23.5 Å². The molecule has 42 heavy (non-hydrogen) atoms. The first-order valence-electron chi connectivity index (χ1n) is 13.1. The maximum absolute atomic E-state index is 14.2. The third-order valence-corrected chi connectivity index (χ3v) is 6.65. The highest BCUT2D eigenvalue weighted by atomic mass is 19.4. The SMILES string of the molecule is CC(C)(C)OC(=O)N[C@@H](CC(=O)N1CCc2c(nc(-c3ccco3)nc2C(F)(F)F)C1)CN1C(=O)CCC(F)(F)C1O. The molecule has 0 aromatic carbocycles. The van der Waals surface area contributed by atoms with Gasteiger partial charge in [0, 0.05) is 37.9 Å². The summed E-state index contributed by atoms with van der Waals surface area (Å²) in [5, 5.41) is 12.5. The Morgan fingerprint density at radius 1 is 1.24 bits per heavy atom. The standard InChI is InChI=1S/C26H30F5N5O6/c1-24(2,3)42-23(40)32-14(12-36-18(37)6-8-25(27,28)22(36)39)11-19(38)35-9-7-15-16(13-35)33-21(17-5-4-10-41-17)34-20(15)26(29,30)31/h4-5,10,14,22,39H,6-9,11-13H2,1-3H3,(H,32,40)/t14-,22?/m0/s1. The van der Waals surface area contributed by atoms with Gasteiger partial charge >= 0.3 is 12.3 Å². The Kier molecular flexibility index (Phi) is 8.49. The summed E-state index contributed by atoms with van der Waals surface area (Å²) in [7, 11) is 0. The van der Waals surface area contributed by atoms with E-state index in [1.807, 2.05) is 0 Å². The van der Waals surface area contributed by atoms with E-state index in [4.69, 9.17) is 9.15 Å². The number of furan rings is 1. The lowest BCUT2D eigenvalue weighted by Gasteiger charge is -2.39. The van der Waals surface area contributed by atoms with Gasteiger partial charge in [-0.1, -0.05) is 0 Å². The van der Waals surface area contributed by atoms with Crippen LogP contribution in [0.3, 0.4) is 0 Å². The summed E-state index contributed by atoms with van der Waals surface area (Å²) < 4.78 is 80.2. The van der Waals surface area contributed by atoms with Gasteiger partial charge in [0.2, 0.25) is 11.8 Å². The van der Waals surface area contributed by atoms with Crippen molar-refractivity contribution in [3.63, 3.8) is 0 Å². The van der Waals surface area contributed by atoms with Gasteiger partial charge in [0.05, 0.1) is 24.5 Å². The van der Waals surface area contributed by atoms with Crippen LogP contribution < -0.4 is 5.32 Å². The second-order valence-electron chi connectivity index (χ2n) is 11.1.